The summed E-state index contributed by atoms with van der Waals surface area (Å²) in [4.78, 5) is 4.59. The number of nitrogens with one attached hydrogen (secondary N) is 1. The number of rotatable bonds is 3. The minimum atomic E-state index is 0.605. The minimum absolute atomic E-state index is 0.605. The van der Waals surface area contributed by atoms with Crippen LogP contribution in [0.5, 0.6) is 0 Å². The van der Waals surface area contributed by atoms with Gasteiger partial charge in [0, 0.05) is 5.92 Å². The van der Waals surface area contributed by atoms with Gasteiger partial charge in [0.25, 0.3) is 0 Å². The monoisotopic (exact) mass is 220 g/mol. The summed E-state index contributed by atoms with van der Waals surface area (Å²) in [6, 6.07) is 0. The second-order valence-electron chi connectivity index (χ2n) is 4.52. The normalized spacial score (nSPS) is 18.3. The van der Waals surface area contributed by atoms with Gasteiger partial charge in [-0.05, 0) is 19.9 Å². The van der Waals surface area contributed by atoms with E-state index in [-0.39, 0.29) is 0 Å². The van der Waals surface area contributed by atoms with E-state index in [9.17, 15) is 0 Å². The molecule has 0 saturated heterocycles. The SMILES string of the molecule is CNCc1nncc(C2CCCCCC2)n1. The summed E-state index contributed by atoms with van der Waals surface area (Å²) in [5, 5.41) is 11.1. The molecule has 1 N–H and O–H groups in total. The van der Waals surface area contributed by atoms with Crippen LogP contribution in [0.2, 0.25) is 0 Å². The lowest BCUT2D eigenvalue weighted by Gasteiger charge is -2.12. The highest BCUT2D eigenvalue weighted by Crippen LogP contribution is 2.29. The van der Waals surface area contributed by atoms with Crippen molar-refractivity contribution in [3.05, 3.63) is 17.7 Å². The van der Waals surface area contributed by atoms with Crippen molar-refractivity contribution in [3.63, 3.8) is 0 Å². The predicted octanol–water partition coefficient (Wildman–Crippen LogP) is 2.03. The van der Waals surface area contributed by atoms with Gasteiger partial charge >= 0.3 is 0 Å². The first-order valence-corrected chi connectivity index (χ1v) is 6.23. The summed E-state index contributed by atoms with van der Waals surface area (Å²) in [5.41, 5.74) is 1.14. The molecule has 0 aromatic carbocycles. The Morgan fingerprint density at radius 1 is 1.25 bits per heavy atom. The van der Waals surface area contributed by atoms with Gasteiger partial charge in [0.05, 0.1) is 18.4 Å². The molecule has 16 heavy (non-hydrogen) atoms. The van der Waals surface area contributed by atoms with Crippen molar-refractivity contribution in [2.45, 2.75) is 51.0 Å². The Morgan fingerprint density at radius 3 is 2.69 bits per heavy atom. The van der Waals surface area contributed by atoms with Gasteiger partial charge in [-0.2, -0.15) is 5.10 Å². The van der Waals surface area contributed by atoms with Crippen molar-refractivity contribution in [2.75, 3.05) is 7.05 Å². The summed E-state index contributed by atoms with van der Waals surface area (Å²) < 4.78 is 0. The molecule has 1 heterocycles. The van der Waals surface area contributed by atoms with E-state index in [0.717, 1.165) is 11.5 Å². The van der Waals surface area contributed by atoms with E-state index in [1.807, 2.05) is 13.2 Å². The number of nitrogens with zero attached hydrogens (tertiary/aromatic N) is 3. The second kappa shape index (κ2) is 5.89. The van der Waals surface area contributed by atoms with Crippen LogP contribution in [0.25, 0.3) is 0 Å². The van der Waals surface area contributed by atoms with E-state index in [4.69, 9.17) is 0 Å². The highest BCUT2D eigenvalue weighted by molar-refractivity contribution is 5.04. The summed E-state index contributed by atoms with van der Waals surface area (Å²) in [6.07, 6.45) is 9.77. The first kappa shape index (κ1) is 11.5. The van der Waals surface area contributed by atoms with Crippen LogP contribution in [-0.2, 0) is 6.54 Å². The maximum Gasteiger partial charge on any atom is 0.165 e. The third-order valence-electron chi connectivity index (χ3n) is 3.23. The van der Waals surface area contributed by atoms with Crippen LogP contribution in [0.1, 0.15) is 56.0 Å². The molecular formula is C12H20N4. The molecule has 4 nitrogen and oxygen atoms in total. The molecule has 0 amide bonds. The lowest BCUT2D eigenvalue weighted by molar-refractivity contribution is 0.563. The lowest BCUT2D eigenvalue weighted by Crippen LogP contribution is -2.12. The number of aromatic nitrogens is 3. The smallest absolute Gasteiger partial charge is 0.165 e. The van der Waals surface area contributed by atoms with Gasteiger partial charge < -0.3 is 5.32 Å². The van der Waals surface area contributed by atoms with Crippen molar-refractivity contribution in [2.24, 2.45) is 0 Å². The van der Waals surface area contributed by atoms with Crippen LogP contribution in [0, 0.1) is 0 Å². The summed E-state index contributed by atoms with van der Waals surface area (Å²) >= 11 is 0. The van der Waals surface area contributed by atoms with Gasteiger partial charge in [-0.25, -0.2) is 4.98 Å². The zero-order valence-electron chi connectivity index (χ0n) is 9.95. The zero-order valence-corrected chi connectivity index (χ0v) is 9.95. The molecule has 1 fully saturated rings. The van der Waals surface area contributed by atoms with E-state index in [1.165, 1.54) is 38.5 Å². The van der Waals surface area contributed by atoms with Gasteiger partial charge in [-0.15, -0.1) is 5.10 Å². The van der Waals surface area contributed by atoms with Gasteiger partial charge in [-0.1, -0.05) is 25.7 Å². The first-order valence-electron chi connectivity index (χ1n) is 6.23. The van der Waals surface area contributed by atoms with Crippen molar-refractivity contribution < 1.29 is 0 Å². The Kier molecular flexibility index (Phi) is 4.22. The largest absolute Gasteiger partial charge is 0.313 e. The van der Waals surface area contributed by atoms with Crippen LogP contribution >= 0.6 is 0 Å². The van der Waals surface area contributed by atoms with Crippen LogP contribution < -0.4 is 5.32 Å². The molecule has 1 aromatic rings. The zero-order chi connectivity index (χ0) is 11.2. The highest BCUT2D eigenvalue weighted by atomic mass is 15.2. The van der Waals surface area contributed by atoms with E-state index in [1.54, 1.807) is 0 Å². The molecule has 1 aliphatic rings. The fourth-order valence-corrected chi connectivity index (χ4v) is 2.36. The van der Waals surface area contributed by atoms with Crippen LogP contribution in [0.15, 0.2) is 6.20 Å². The molecule has 1 aliphatic carbocycles. The van der Waals surface area contributed by atoms with Crippen LogP contribution in [0.4, 0.5) is 0 Å². The maximum absolute atomic E-state index is 4.59. The molecule has 0 atom stereocenters. The van der Waals surface area contributed by atoms with Gasteiger partial charge in [0.1, 0.15) is 0 Å². The molecule has 2 rings (SSSR count). The van der Waals surface area contributed by atoms with E-state index in [0.29, 0.717) is 12.5 Å². The Bertz CT molecular complexity index is 319. The highest BCUT2D eigenvalue weighted by Gasteiger charge is 2.16. The average Bonchev–Trinajstić information content (AvgIpc) is 2.58. The summed E-state index contributed by atoms with van der Waals surface area (Å²) in [5.74, 6) is 1.41. The fourth-order valence-electron chi connectivity index (χ4n) is 2.36. The van der Waals surface area contributed by atoms with Crippen LogP contribution in [-0.4, -0.2) is 22.2 Å². The molecule has 0 unspecified atom stereocenters. The lowest BCUT2D eigenvalue weighted by atomic mass is 9.97. The number of hydrogen-bond acceptors (Lipinski definition) is 4. The quantitative estimate of drug-likeness (QED) is 0.792. The van der Waals surface area contributed by atoms with E-state index in [2.05, 4.69) is 20.5 Å². The van der Waals surface area contributed by atoms with E-state index >= 15 is 0 Å². The number of hydrogen-bond donors (Lipinski definition) is 1. The molecule has 0 aliphatic heterocycles. The van der Waals surface area contributed by atoms with Gasteiger partial charge in [-0.3, -0.25) is 0 Å². The predicted molar refractivity (Wildman–Crippen MR) is 63.0 cm³/mol. The molecular weight excluding hydrogens is 200 g/mol. The molecule has 0 spiro atoms. The summed E-state index contributed by atoms with van der Waals surface area (Å²) in [7, 11) is 1.90. The van der Waals surface area contributed by atoms with Crippen molar-refractivity contribution >= 4 is 0 Å². The standard InChI is InChI=1S/C12H20N4/c1-13-9-12-15-11(8-14-16-12)10-6-4-2-3-5-7-10/h8,10,13H,2-7,9H2,1H3. The Labute approximate surface area is 96.9 Å². The summed E-state index contributed by atoms with van der Waals surface area (Å²) in [6.45, 7) is 0.702. The molecule has 0 bridgehead atoms. The Hall–Kier alpha value is -1.03. The van der Waals surface area contributed by atoms with Gasteiger partial charge in [0.15, 0.2) is 5.82 Å². The third kappa shape index (κ3) is 2.98. The minimum Gasteiger partial charge on any atom is -0.313 e. The van der Waals surface area contributed by atoms with Gasteiger partial charge in [0.2, 0.25) is 0 Å². The Balaban J connectivity index is 2.08. The molecule has 1 saturated carbocycles. The maximum atomic E-state index is 4.59. The molecule has 0 radical (unpaired) electrons. The third-order valence-corrected chi connectivity index (χ3v) is 3.23. The molecule has 1 aromatic heterocycles. The second-order valence-corrected chi connectivity index (χ2v) is 4.52. The fraction of sp³-hybridized carbons (Fsp3) is 0.750. The van der Waals surface area contributed by atoms with Crippen molar-refractivity contribution in [1.82, 2.24) is 20.5 Å². The van der Waals surface area contributed by atoms with Crippen molar-refractivity contribution in [1.29, 1.82) is 0 Å². The molecule has 4 heteroatoms. The average molecular weight is 220 g/mol. The van der Waals surface area contributed by atoms with Crippen molar-refractivity contribution in [3.8, 4) is 0 Å². The van der Waals surface area contributed by atoms with E-state index < -0.39 is 0 Å². The first-order chi connectivity index (χ1) is 7.90. The topological polar surface area (TPSA) is 50.7 Å². The Morgan fingerprint density at radius 2 is 2.00 bits per heavy atom. The molecule has 88 valence electrons. The van der Waals surface area contributed by atoms with Crippen LogP contribution in [0.3, 0.4) is 0 Å².